The van der Waals surface area contributed by atoms with Crippen molar-refractivity contribution in [3.8, 4) is 0 Å². The highest BCUT2D eigenvalue weighted by Crippen LogP contribution is 2.32. The van der Waals surface area contributed by atoms with E-state index in [0.717, 1.165) is 14.7 Å². The van der Waals surface area contributed by atoms with E-state index in [9.17, 15) is 9.59 Å². The third-order valence-corrected chi connectivity index (χ3v) is 5.90. The first-order valence-electron chi connectivity index (χ1n) is 5.85. The normalized spacial score (nSPS) is 12.2. The van der Waals surface area contributed by atoms with Crippen molar-refractivity contribution in [2.75, 3.05) is 6.54 Å². The number of hydrogen-bond acceptors (Lipinski definition) is 3. The van der Waals surface area contributed by atoms with Crippen molar-refractivity contribution < 1.29 is 14.7 Å². The Morgan fingerprint density at radius 3 is 2.63 bits per heavy atom. The average molecular weight is 413 g/mol. The Kier molecular flexibility index (Phi) is 7.02. The van der Waals surface area contributed by atoms with Gasteiger partial charge in [-0.05, 0) is 56.7 Å². The molecule has 0 aliphatic rings. The highest BCUT2D eigenvalue weighted by molar-refractivity contribution is 9.13. The zero-order chi connectivity index (χ0) is 14.4. The maximum Gasteiger partial charge on any atom is 0.303 e. The number of aliphatic carboxylic acids is 1. The van der Waals surface area contributed by atoms with Gasteiger partial charge in [0.15, 0.2) is 0 Å². The van der Waals surface area contributed by atoms with E-state index < -0.39 is 5.97 Å². The first kappa shape index (κ1) is 16.7. The SMILES string of the molecule is CC(CCNC(=O)c1cc(Br)c(Br)s1)CCC(=O)O. The fraction of sp³-hybridized carbons (Fsp3) is 0.500. The topological polar surface area (TPSA) is 66.4 Å². The van der Waals surface area contributed by atoms with Crippen LogP contribution in [-0.4, -0.2) is 23.5 Å². The Morgan fingerprint density at radius 1 is 1.42 bits per heavy atom. The predicted molar refractivity (Wildman–Crippen MR) is 82.7 cm³/mol. The summed E-state index contributed by atoms with van der Waals surface area (Å²) >= 11 is 8.06. The second-order valence-corrected chi connectivity index (χ2v) is 7.54. The lowest BCUT2D eigenvalue weighted by atomic mass is 10.0. The van der Waals surface area contributed by atoms with Crippen LogP contribution in [0.3, 0.4) is 0 Å². The Balaban J connectivity index is 2.29. The minimum Gasteiger partial charge on any atom is -0.481 e. The second-order valence-electron chi connectivity index (χ2n) is 4.31. The summed E-state index contributed by atoms with van der Waals surface area (Å²) in [6.07, 6.45) is 1.61. The molecular weight excluding hydrogens is 398 g/mol. The number of rotatable bonds is 7. The quantitative estimate of drug-likeness (QED) is 0.713. The molecule has 7 heteroatoms. The largest absolute Gasteiger partial charge is 0.481 e. The van der Waals surface area contributed by atoms with Gasteiger partial charge in [0, 0.05) is 17.4 Å². The Hall–Kier alpha value is -0.400. The standard InChI is InChI=1S/C12H15Br2NO3S/c1-7(2-3-10(16)17)4-5-15-12(18)9-6-8(13)11(14)19-9/h6-7H,2-5H2,1H3,(H,15,18)(H,16,17). The van der Waals surface area contributed by atoms with Gasteiger partial charge in [-0.3, -0.25) is 9.59 Å². The van der Waals surface area contributed by atoms with Gasteiger partial charge in [-0.1, -0.05) is 6.92 Å². The molecule has 4 nitrogen and oxygen atoms in total. The van der Waals surface area contributed by atoms with Gasteiger partial charge in [-0.2, -0.15) is 0 Å². The van der Waals surface area contributed by atoms with Gasteiger partial charge in [0.05, 0.1) is 8.66 Å². The second kappa shape index (κ2) is 8.01. The van der Waals surface area contributed by atoms with Crippen molar-refractivity contribution >= 4 is 55.1 Å². The van der Waals surface area contributed by atoms with E-state index in [4.69, 9.17) is 5.11 Å². The molecule has 0 bridgehead atoms. The highest BCUT2D eigenvalue weighted by atomic mass is 79.9. The molecule has 1 amide bonds. The molecule has 0 saturated carbocycles. The molecule has 19 heavy (non-hydrogen) atoms. The monoisotopic (exact) mass is 411 g/mol. The van der Waals surface area contributed by atoms with Gasteiger partial charge < -0.3 is 10.4 Å². The summed E-state index contributed by atoms with van der Waals surface area (Å²) in [6, 6.07) is 1.78. The van der Waals surface area contributed by atoms with E-state index in [2.05, 4.69) is 37.2 Å². The zero-order valence-corrected chi connectivity index (χ0v) is 14.4. The van der Waals surface area contributed by atoms with Crippen molar-refractivity contribution in [3.63, 3.8) is 0 Å². The summed E-state index contributed by atoms with van der Waals surface area (Å²) in [7, 11) is 0. The van der Waals surface area contributed by atoms with Crippen molar-refractivity contribution in [1.29, 1.82) is 0 Å². The van der Waals surface area contributed by atoms with Crippen LogP contribution < -0.4 is 5.32 Å². The fourth-order valence-electron chi connectivity index (χ4n) is 1.49. The highest BCUT2D eigenvalue weighted by Gasteiger charge is 2.12. The number of carboxylic acid groups (broad SMARTS) is 1. The fourth-order valence-corrected chi connectivity index (χ4v) is 3.44. The lowest BCUT2D eigenvalue weighted by molar-refractivity contribution is -0.137. The molecule has 0 fully saturated rings. The molecule has 1 heterocycles. The lowest BCUT2D eigenvalue weighted by Gasteiger charge is -2.10. The summed E-state index contributed by atoms with van der Waals surface area (Å²) in [5, 5.41) is 11.4. The molecular formula is C12H15Br2NO3S. The lowest BCUT2D eigenvalue weighted by Crippen LogP contribution is -2.24. The van der Waals surface area contributed by atoms with Crippen molar-refractivity contribution in [3.05, 3.63) is 19.2 Å². The molecule has 1 aromatic heterocycles. The Labute approximate surface area is 132 Å². The maximum atomic E-state index is 11.8. The molecule has 1 aromatic rings. The van der Waals surface area contributed by atoms with Gasteiger partial charge in [-0.25, -0.2) is 0 Å². The van der Waals surface area contributed by atoms with Crippen molar-refractivity contribution in [1.82, 2.24) is 5.32 Å². The van der Waals surface area contributed by atoms with Crippen LogP contribution in [0.25, 0.3) is 0 Å². The molecule has 106 valence electrons. The molecule has 0 aromatic carbocycles. The summed E-state index contributed by atoms with van der Waals surface area (Å²) < 4.78 is 1.77. The molecule has 1 rings (SSSR count). The van der Waals surface area contributed by atoms with E-state index in [1.54, 1.807) is 6.07 Å². The summed E-state index contributed by atoms with van der Waals surface area (Å²) in [6.45, 7) is 2.56. The molecule has 0 spiro atoms. The zero-order valence-electron chi connectivity index (χ0n) is 10.4. The number of amides is 1. The smallest absolute Gasteiger partial charge is 0.303 e. The van der Waals surface area contributed by atoms with Crippen LogP contribution in [0, 0.1) is 5.92 Å². The molecule has 0 aliphatic heterocycles. The number of nitrogens with one attached hydrogen (secondary N) is 1. The Morgan fingerprint density at radius 2 is 2.11 bits per heavy atom. The molecule has 2 N–H and O–H groups in total. The number of carbonyl (C=O) groups excluding carboxylic acids is 1. The number of carbonyl (C=O) groups is 2. The maximum absolute atomic E-state index is 11.8. The third-order valence-electron chi connectivity index (χ3n) is 2.64. The molecule has 0 aliphatic carbocycles. The van der Waals surface area contributed by atoms with E-state index in [0.29, 0.717) is 23.8 Å². The van der Waals surface area contributed by atoms with E-state index in [1.165, 1.54) is 11.3 Å². The minimum atomic E-state index is -0.774. The minimum absolute atomic E-state index is 0.0955. The van der Waals surface area contributed by atoms with Gasteiger partial charge in [0.25, 0.3) is 5.91 Å². The summed E-state index contributed by atoms with van der Waals surface area (Å²) in [5.41, 5.74) is 0. The van der Waals surface area contributed by atoms with Crippen LogP contribution in [0.5, 0.6) is 0 Å². The Bertz CT molecular complexity index is 442. The average Bonchev–Trinajstić information content (AvgIpc) is 2.67. The van der Waals surface area contributed by atoms with Crippen LogP contribution in [0.4, 0.5) is 0 Å². The van der Waals surface area contributed by atoms with Crippen molar-refractivity contribution in [2.45, 2.75) is 26.2 Å². The molecule has 0 radical (unpaired) electrons. The van der Waals surface area contributed by atoms with Gasteiger partial charge in [0.2, 0.25) is 0 Å². The number of halogens is 2. The van der Waals surface area contributed by atoms with Crippen LogP contribution >= 0.6 is 43.2 Å². The van der Waals surface area contributed by atoms with E-state index in [1.807, 2.05) is 6.92 Å². The van der Waals surface area contributed by atoms with Gasteiger partial charge in [0.1, 0.15) is 0 Å². The number of thiophene rings is 1. The van der Waals surface area contributed by atoms with Crippen LogP contribution in [0.1, 0.15) is 35.9 Å². The molecule has 0 saturated heterocycles. The molecule has 1 unspecified atom stereocenters. The van der Waals surface area contributed by atoms with Gasteiger partial charge >= 0.3 is 5.97 Å². The van der Waals surface area contributed by atoms with E-state index >= 15 is 0 Å². The predicted octanol–water partition coefficient (Wildman–Crippen LogP) is 3.89. The van der Waals surface area contributed by atoms with Crippen molar-refractivity contribution in [2.24, 2.45) is 5.92 Å². The van der Waals surface area contributed by atoms with Crippen LogP contribution in [0.15, 0.2) is 14.3 Å². The van der Waals surface area contributed by atoms with Crippen LogP contribution in [-0.2, 0) is 4.79 Å². The molecule has 1 atom stereocenters. The number of hydrogen-bond donors (Lipinski definition) is 2. The third kappa shape index (κ3) is 6.05. The summed E-state index contributed by atoms with van der Waals surface area (Å²) in [4.78, 5) is 22.9. The van der Waals surface area contributed by atoms with E-state index in [-0.39, 0.29) is 12.3 Å². The van der Waals surface area contributed by atoms with Crippen LogP contribution in [0.2, 0.25) is 0 Å². The first-order chi connectivity index (χ1) is 8.90. The summed E-state index contributed by atoms with van der Waals surface area (Å²) in [5.74, 6) is -0.579. The van der Waals surface area contributed by atoms with Gasteiger partial charge in [-0.15, -0.1) is 11.3 Å². The number of carboxylic acids is 1. The first-order valence-corrected chi connectivity index (χ1v) is 8.25.